The van der Waals surface area contributed by atoms with E-state index in [9.17, 15) is 8.42 Å². The van der Waals surface area contributed by atoms with Gasteiger partial charge in [0.15, 0.2) is 0 Å². The smallest absolute Gasteiger partial charge is 0.241 e. The summed E-state index contributed by atoms with van der Waals surface area (Å²) in [7, 11) is -3.55. The van der Waals surface area contributed by atoms with E-state index in [4.69, 9.17) is 4.42 Å². The number of aromatic nitrogens is 1. The Morgan fingerprint density at radius 3 is 2.74 bits per heavy atom. The van der Waals surface area contributed by atoms with Gasteiger partial charge in [0.05, 0.1) is 4.90 Å². The minimum Gasteiger partial charge on any atom is -0.457 e. The van der Waals surface area contributed by atoms with Crippen LogP contribution in [-0.4, -0.2) is 44.5 Å². The second-order valence-electron chi connectivity index (χ2n) is 8.87. The van der Waals surface area contributed by atoms with Gasteiger partial charge in [-0.2, -0.15) is 0 Å². The average molecular weight is 476 g/mol. The van der Waals surface area contributed by atoms with Crippen molar-refractivity contribution in [1.82, 2.24) is 14.6 Å². The first-order chi connectivity index (χ1) is 16.6. The first kappa shape index (κ1) is 22.8. The predicted molar refractivity (Wildman–Crippen MR) is 136 cm³/mol. The molecular formula is C27H29N3O3S. The monoisotopic (exact) mass is 475 g/mol. The zero-order valence-corrected chi connectivity index (χ0v) is 19.9. The normalized spacial score (nSPS) is 16.1. The van der Waals surface area contributed by atoms with Gasteiger partial charge in [-0.25, -0.2) is 13.1 Å². The third-order valence-corrected chi connectivity index (χ3v) is 8.09. The molecule has 7 heteroatoms. The van der Waals surface area contributed by atoms with Crippen LogP contribution in [-0.2, 0) is 10.0 Å². The Balaban J connectivity index is 1.08. The number of fused-ring (bicyclic) bond motifs is 2. The molecule has 0 radical (unpaired) electrons. The molecule has 2 aromatic carbocycles. The number of nitrogens with zero attached hydrogens (tertiary/aromatic N) is 2. The zero-order valence-electron chi connectivity index (χ0n) is 19.1. The third-order valence-electron chi connectivity index (χ3n) is 6.57. The number of para-hydroxylation sites is 1. The van der Waals surface area contributed by atoms with Gasteiger partial charge < -0.3 is 4.42 Å². The fraction of sp³-hybridized carbons (Fsp3) is 0.296. The van der Waals surface area contributed by atoms with E-state index in [1.807, 2.05) is 30.3 Å². The summed E-state index contributed by atoms with van der Waals surface area (Å²) in [6.07, 6.45) is 10.5. The van der Waals surface area contributed by atoms with Crippen LogP contribution in [0.15, 0.2) is 82.4 Å². The number of sulfonamides is 1. The van der Waals surface area contributed by atoms with Crippen molar-refractivity contribution in [2.75, 3.05) is 26.2 Å². The minimum atomic E-state index is -3.55. The Bertz CT molecular complexity index is 1360. The van der Waals surface area contributed by atoms with Gasteiger partial charge in [0, 0.05) is 41.6 Å². The van der Waals surface area contributed by atoms with Crippen LogP contribution in [0.2, 0.25) is 0 Å². The largest absolute Gasteiger partial charge is 0.457 e. The van der Waals surface area contributed by atoms with Crippen LogP contribution in [0, 0.1) is 5.92 Å². The van der Waals surface area contributed by atoms with E-state index in [1.54, 1.807) is 30.6 Å². The van der Waals surface area contributed by atoms with Gasteiger partial charge in [-0.1, -0.05) is 36.4 Å². The van der Waals surface area contributed by atoms with E-state index in [0.717, 1.165) is 61.0 Å². The Hall–Kier alpha value is -3.00. The lowest BCUT2D eigenvalue weighted by Crippen LogP contribution is -2.35. The van der Waals surface area contributed by atoms with Gasteiger partial charge >= 0.3 is 0 Å². The van der Waals surface area contributed by atoms with E-state index in [-0.39, 0.29) is 0 Å². The highest BCUT2D eigenvalue weighted by Crippen LogP contribution is 2.24. The maximum atomic E-state index is 12.9. The summed E-state index contributed by atoms with van der Waals surface area (Å²) in [5.41, 5.74) is 0.913. The Kier molecular flexibility index (Phi) is 6.76. The Labute approximate surface area is 200 Å². The van der Waals surface area contributed by atoms with Gasteiger partial charge in [0.2, 0.25) is 10.0 Å². The molecule has 34 heavy (non-hydrogen) atoms. The first-order valence-electron chi connectivity index (χ1n) is 11.8. The quantitative estimate of drug-likeness (QED) is 0.385. The number of hydrogen-bond acceptors (Lipinski definition) is 5. The van der Waals surface area contributed by atoms with Gasteiger partial charge in [-0.15, -0.1) is 0 Å². The van der Waals surface area contributed by atoms with Gasteiger partial charge in [0.1, 0.15) is 11.3 Å². The van der Waals surface area contributed by atoms with E-state index in [1.165, 1.54) is 0 Å². The molecule has 0 spiro atoms. The number of nitrogens with one attached hydrogen (secondary N) is 1. The second-order valence-corrected chi connectivity index (χ2v) is 10.6. The molecule has 1 aliphatic rings. The summed E-state index contributed by atoms with van der Waals surface area (Å²) in [5, 5.41) is 2.65. The highest BCUT2D eigenvalue weighted by atomic mass is 32.2. The van der Waals surface area contributed by atoms with Crippen molar-refractivity contribution in [2.45, 2.75) is 24.2 Å². The van der Waals surface area contributed by atoms with Crippen molar-refractivity contribution < 1.29 is 12.8 Å². The number of hydrogen-bond donors (Lipinski definition) is 1. The molecule has 1 N–H and O–H groups in total. The summed E-state index contributed by atoms with van der Waals surface area (Å²) >= 11 is 0. The molecule has 6 nitrogen and oxygen atoms in total. The summed E-state index contributed by atoms with van der Waals surface area (Å²) in [4.78, 5) is 6.83. The second kappa shape index (κ2) is 10.1. The topological polar surface area (TPSA) is 75.4 Å². The molecule has 176 valence electrons. The SMILES string of the molecule is O=S(=O)(NCCC1CCN(C/C=C/c2cc3ccccc3o2)CC1)c1cccc2cnccc12. The van der Waals surface area contributed by atoms with Gasteiger partial charge in [-0.3, -0.25) is 9.88 Å². The molecule has 0 bridgehead atoms. The summed E-state index contributed by atoms with van der Waals surface area (Å²) in [5.74, 6) is 1.42. The van der Waals surface area contributed by atoms with Crippen molar-refractivity contribution >= 4 is 37.8 Å². The highest BCUT2D eigenvalue weighted by Gasteiger charge is 2.21. The molecule has 0 saturated carbocycles. The van der Waals surface area contributed by atoms with E-state index >= 15 is 0 Å². The molecule has 0 aliphatic carbocycles. The van der Waals surface area contributed by atoms with Crippen LogP contribution < -0.4 is 4.72 Å². The number of piperidine rings is 1. The first-order valence-corrected chi connectivity index (χ1v) is 13.3. The Morgan fingerprint density at radius 1 is 1.06 bits per heavy atom. The average Bonchev–Trinajstić information content (AvgIpc) is 3.27. The number of likely N-dealkylation sites (tertiary alicyclic amines) is 1. The third kappa shape index (κ3) is 5.22. The molecule has 1 saturated heterocycles. The van der Waals surface area contributed by atoms with Crippen LogP contribution in [0.1, 0.15) is 25.0 Å². The van der Waals surface area contributed by atoms with Crippen LogP contribution in [0.25, 0.3) is 27.8 Å². The summed E-state index contributed by atoms with van der Waals surface area (Å²) in [6, 6.07) is 17.1. The number of furan rings is 1. The fourth-order valence-electron chi connectivity index (χ4n) is 4.66. The number of pyridine rings is 1. The Morgan fingerprint density at radius 2 is 1.88 bits per heavy atom. The van der Waals surface area contributed by atoms with Gasteiger partial charge in [-0.05, 0) is 68.6 Å². The number of rotatable bonds is 8. The highest BCUT2D eigenvalue weighted by molar-refractivity contribution is 7.89. The molecule has 2 aromatic heterocycles. The molecule has 0 atom stereocenters. The van der Waals surface area contributed by atoms with E-state index < -0.39 is 10.0 Å². The lowest BCUT2D eigenvalue weighted by Gasteiger charge is -2.31. The fourth-order valence-corrected chi connectivity index (χ4v) is 5.94. The van der Waals surface area contributed by atoms with Crippen molar-refractivity contribution in [2.24, 2.45) is 5.92 Å². The lowest BCUT2D eigenvalue weighted by molar-refractivity contribution is 0.195. The predicted octanol–water partition coefficient (Wildman–Crippen LogP) is 5.07. The molecule has 0 amide bonds. The standard InChI is InChI=1S/C27H29N3O3S/c31-34(32,27-9-3-6-23-20-28-14-11-25(23)27)29-15-10-21-12-17-30(18-13-21)16-4-7-24-19-22-5-1-2-8-26(22)33-24/h1-9,11,14,19-21,29H,10,12-13,15-18H2/b7-4+. The van der Waals surface area contributed by atoms with E-state index in [2.05, 4.69) is 32.8 Å². The van der Waals surface area contributed by atoms with Crippen LogP contribution >= 0.6 is 0 Å². The van der Waals surface area contributed by atoms with Crippen molar-refractivity contribution in [3.05, 3.63) is 78.8 Å². The molecule has 4 aromatic rings. The molecule has 0 unspecified atom stereocenters. The molecule has 1 aliphatic heterocycles. The molecule has 1 fully saturated rings. The van der Waals surface area contributed by atoms with Crippen molar-refractivity contribution in [3.63, 3.8) is 0 Å². The summed E-state index contributed by atoms with van der Waals surface area (Å²) in [6.45, 7) is 3.41. The maximum Gasteiger partial charge on any atom is 0.241 e. The van der Waals surface area contributed by atoms with Crippen LogP contribution in [0.5, 0.6) is 0 Å². The van der Waals surface area contributed by atoms with Crippen LogP contribution in [0.4, 0.5) is 0 Å². The van der Waals surface area contributed by atoms with Crippen LogP contribution in [0.3, 0.4) is 0 Å². The van der Waals surface area contributed by atoms with Crippen molar-refractivity contribution in [3.8, 4) is 0 Å². The minimum absolute atomic E-state index is 0.318. The molecule has 3 heterocycles. The van der Waals surface area contributed by atoms with E-state index in [0.29, 0.717) is 22.7 Å². The lowest BCUT2D eigenvalue weighted by atomic mass is 9.94. The van der Waals surface area contributed by atoms with Crippen molar-refractivity contribution in [1.29, 1.82) is 0 Å². The molecular weight excluding hydrogens is 446 g/mol. The maximum absolute atomic E-state index is 12.9. The molecule has 5 rings (SSSR count). The van der Waals surface area contributed by atoms with Gasteiger partial charge in [0.25, 0.3) is 0 Å². The zero-order chi connectivity index (χ0) is 23.4. The number of benzene rings is 2. The summed E-state index contributed by atoms with van der Waals surface area (Å²) < 4.78 is 34.4.